The van der Waals surface area contributed by atoms with Crippen molar-refractivity contribution in [2.45, 2.75) is 45.1 Å². The van der Waals surface area contributed by atoms with E-state index in [0.717, 1.165) is 4.90 Å². The molecule has 1 N–H and O–H groups in total. The molecule has 6 nitrogen and oxygen atoms in total. The van der Waals surface area contributed by atoms with Crippen LogP contribution in [0.5, 0.6) is 0 Å². The number of aromatic nitrogens is 1. The Kier molecular flexibility index (Phi) is 9.02. The summed E-state index contributed by atoms with van der Waals surface area (Å²) in [7, 11) is 1.33. The van der Waals surface area contributed by atoms with E-state index in [1.54, 1.807) is 25.1 Å². The molecule has 4 rings (SSSR count). The van der Waals surface area contributed by atoms with Gasteiger partial charge in [0.05, 0.1) is 23.0 Å². The van der Waals surface area contributed by atoms with E-state index in [-0.39, 0.29) is 30.5 Å². The van der Waals surface area contributed by atoms with Crippen LogP contribution in [-0.2, 0) is 28.5 Å². The quantitative estimate of drug-likeness (QED) is 0.312. The Morgan fingerprint density at radius 2 is 1.65 bits per heavy atom. The zero-order valence-corrected chi connectivity index (χ0v) is 23.5. The topological polar surface area (TPSA) is 65.5 Å². The number of carbonyl (C=O) groups is 2. The molecule has 2 unspecified atom stereocenters. The minimum absolute atomic E-state index is 0.0468. The van der Waals surface area contributed by atoms with E-state index in [2.05, 4.69) is 10.3 Å². The second-order valence-electron chi connectivity index (χ2n) is 10.6. The third kappa shape index (κ3) is 7.63. The lowest BCUT2D eigenvalue weighted by Gasteiger charge is -2.40. The number of hydrogen-bond acceptors (Lipinski definition) is 4. The first kappa shape index (κ1) is 31.8. The summed E-state index contributed by atoms with van der Waals surface area (Å²) < 4.78 is 94.2. The van der Waals surface area contributed by atoms with Gasteiger partial charge in [0.25, 0.3) is 0 Å². The maximum Gasteiger partial charge on any atom is 0.416 e. The molecule has 0 aliphatic carbocycles. The zero-order valence-electron chi connectivity index (χ0n) is 23.5. The first-order valence-corrected chi connectivity index (χ1v) is 13.3. The molecule has 13 heteroatoms. The molecule has 0 radical (unpaired) electrons. The largest absolute Gasteiger partial charge is 0.416 e. The zero-order chi connectivity index (χ0) is 31.7. The third-order valence-corrected chi connectivity index (χ3v) is 7.40. The molecule has 1 fully saturated rings. The second-order valence-corrected chi connectivity index (χ2v) is 10.6. The monoisotopic (exact) mass is 610 g/mol. The lowest BCUT2D eigenvalue weighted by Crippen LogP contribution is -2.46. The summed E-state index contributed by atoms with van der Waals surface area (Å²) in [5.41, 5.74) is -1.45. The summed E-state index contributed by atoms with van der Waals surface area (Å²) >= 11 is 0. The number of hydrogen-bond donors (Lipinski definition) is 1. The number of pyridine rings is 1. The van der Waals surface area contributed by atoms with Crippen LogP contribution < -0.4 is 10.2 Å². The number of rotatable bonds is 6. The second kappa shape index (κ2) is 12.2. The minimum Gasteiger partial charge on any atom is -0.356 e. The van der Waals surface area contributed by atoms with Gasteiger partial charge in [0, 0.05) is 45.4 Å². The summed E-state index contributed by atoms with van der Waals surface area (Å²) in [4.78, 5) is 32.6. The predicted molar refractivity (Wildman–Crippen MR) is 146 cm³/mol. The molecular weight excluding hydrogens is 581 g/mol. The summed E-state index contributed by atoms with van der Waals surface area (Å²) in [6.07, 6.45) is -8.24. The predicted octanol–water partition coefficient (Wildman–Crippen LogP) is 6.79. The number of piperidine rings is 1. The van der Waals surface area contributed by atoms with Gasteiger partial charge in [-0.25, -0.2) is 9.37 Å². The molecule has 230 valence electrons. The molecule has 2 heterocycles. The van der Waals surface area contributed by atoms with Crippen LogP contribution in [-0.4, -0.2) is 41.8 Å². The highest BCUT2D eigenvalue weighted by molar-refractivity contribution is 5.88. The summed E-state index contributed by atoms with van der Waals surface area (Å²) in [6, 6.07) is 8.84. The fraction of sp³-hybridized carbons (Fsp3) is 0.367. The number of aryl methyl sites for hydroxylation is 1. The minimum atomic E-state index is -5.01. The van der Waals surface area contributed by atoms with E-state index in [1.807, 2.05) is 4.90 Å². The van der Waals surface area contributed by atoms with Gasteiger partial charge in [-0.2, -0.15) is 26.3 Å². The van der Waals surface area contributed by atoms with Crippen molar-refractivity contribution >= 4 is 23.3 Å². The highest BCUT2D eigenvalue weighted by atomic mass is 19.4. The van der Waals surface area contributed by atoms with E-state index in [4.69, 9.17) is 0 Å². The van der Waals surface area contributed by atoms with Gasteiger partial charge < -0.3 is 15.1 Å². The molecular formula is C30H29F7N4O2. The van der Waals surface area contributed by atoms with Crippen molar-refractivity contribution in [2.75, 3.05) is 30.4 Å². The van der Waals surface area contributed by atoms with E-state index in [1.165, 1.54) is 32.3 Å². The Hall–Kier alpha value is -4.16. The Morgan fingerprint density at radius 3 is 2.19 bits per heavy atom. The Bertz CT molecular complexity index is 1460. The average Bonchev–Trinajstić information content (AvgIpc) is 2.91. The van der Waals surface area contributed by atoms with Crippen molar-refractivity contribution in [2.24, 2.45) is 5.92 Å². The SMILES string of the molecule is CC(=O)Nc1ccc(N2CCC(C(=O)N(C)Cc3cc(C(F)(F)F)cc(C(F)(F)F)c3)C(c3ccc(F)cc3C)C2)nc1. The molecule has 0 bridgehead atoms. The molecule has 3 aromatic rings. The smallest absolute Gasteiger partial charge is 0.356 e. The Labute approximate surface area is 243 Å². The van der Waals surface area contributed by atoms with Gasteiger partial charge in [-0.15, -0.1) is 0 Å². The molecule has 1 aromatic heterocycles. The van der Waals surface area contributed by atoms with Crippen LogP contribution in [0.25, 0.3) is 0 Å². The number of nitrogens with zero attached hydrogens (tertiary/aromatic N) is 3. The molecule has 1 aliphatic heterocycles. The standard InChI is InChI=1S/C30H29F7N4O2/c1-17-10-22(31)4-6-24(17)26-16-41(27-7-5-23(14-38-27)39-18(2)42)9-8-25(26)28(43)40(3)15-19-11-20(29(32,33)34)13-21(12-19)30(35,36)37/h4-7,10-14,25-26H,8-9,15-16H2,1-3H3,(H,39,42). The lowest BCUT2D eigenvalue weighted by atomic mass is 9.78. The average molecular weight is 611 g/mol. The van der Waals surface area contributed by atoms with Crippen molar-refractivity contribution in [3.63, 3.8) is 0 Å². The van der Waals surface area contributed by atoms with E-state index >= 15 is 0 Å². The summed E-state index contributed by atoms with van der Waals surface area (Å²) in [5, 5.41) is 2.63. The highest BCUT2D eigenvalue weighted by Gasteiger charge is 2.39. The van der Waals surface area contributed by atoms with Crippen molar-refractivity contribution in [3.05, 3.63) is 88.4 Å². The normalized spacial score (nSPS) is 17.5. The number of halogens is 7. The van der Waals surface area contributed by atoms with Crippen LogP contribution in [0.3, 0.4) is 0 Å². The maximum absolute atomic E-state index is 14.0. The highest BCUT2D eigenvalue weighted by Crippen LogP contribution is 2.39. The number of nitrogens with one attached hydrogen (secondary N) is 1. The first-order valence-electron chi connectivity index (χ1n) is 13.3. The fourth-order valence-corrected chi connectivity index (χ4v) is 5.42. The Morgan fingerprint density at radius 1 is 1.00 bits per heavy atom. The van der Waals surface area contributed by atoms with Crippen molar-refractivity contribution in [3.8, 4) is 0 Å². The van der Waals surface area contributed by atoms with Crippen LogP contribution in [0, 0.1) is 18.7 Å². The molecule has 1 aliphatic rings. The van der Waals surface area contributed by atoms with E-state index < -0.39 is 53.6 Å². The maximum atomic E-state index is 14.0. The van der Waals surface area contributed by atoms with E-state index in [9.17, 15) is 40.3 Å². The third-order valence-electron chi connectivity index (χ3n) is 7.40. The van der Waals surface area contributed by atoms with Gasteiger partial charge in [0.15, 0.2) is 0 Å². The number of alkyl halides is 6. The van der Waals surface area contributed by atoms with Crippen LogP contribution in [0.1, 0.15) is 47.1 Å². The van der Waals surface area contributed by atoms with Gasteiger partial charge in [0.1, 0.15) is 11.6 Å². The Balaban J connectivity index is 1.62. The number of carbonyl (C=O) groups excluding carboxylic acids is 2. The van der Waals surface area contributed by atoms with Crippen molar-refractivity contribution in [1.29, 1.82) is 0 Å². The van der Waals surface area contributed by atoms with Crippen LogP contribution >= 0.6 is 0 Å². The van der Waals surface area contributed by atoms with E-state index in [0.29, 0.717) is 41.3 Å². The van der Waals surface area contributed by atoms with Gasteiger partial charge >= 0.3 is 12.4 Å². The van der Waals surface area contributed by atoms with Gasteiger partial charge in [-0.1, -0.05) is 6.07 Å². The fourth-order valence-electron chi connectivity index (χ4n) is 5.42. The van der Waals surface area contributed by atoms with Crippen molar-refractivity contribution < 1.29 is 40.3 Å². The van der Waals surface area contributed by atoms with Gasteiger partial charge in [-0.05, 0) is 72.5 Å². The van der Waals surface area contributed by atoms with Crippen LogP contribution in [0.4, 0.5) is 42.2 Å². The van der Waals surface area contributed by atoms with Crippen LogP contribution in [0.2, 0.25) is 0 Å². The van der Waals surface area contributed by atoms with Crippen molar-refractivity contribution in [1.82, 2.24) is 9.88 Å². The molecule has 0 spiro atoms. The number of benzene rings is 2. The molecule has 0 saturated carbocycles. The van der Waals surface area contributed by atoms with Crippen LogP contribution in [0.15, 0.2) is 54.7 Å². The molecule has 1 saturated heterocycles. The van der Waals surface area contributed by atoms with Gasteiger partial charge in [-0.3, -0.25) is 9.59 Å². The molecule has 2 aromatic carbocycles. The molecule has 2 amide bonds. The lowest BCUT2D eigenvalue weighted by molar-refractivity contribution is -0.143. The molecule has 43 heavy (non-hydrogen) atoms. The molecule has 2 atom stereocenters. The summed E-state index contributed by atoms with van der Waals surface area (Å²) in [5.74, 6) is -1.81. The number of amides is 2. The van der Waals surface area contributed by atoms with Gasteiger partial charge in [0.2, 0.25) is 11.8 Å². The number of anilines is 2. The first-order chi connectivity index (χ1) is 20.0. The summed E-state index contributed by atoms with van der Waals surface area (Å²) in [6.45, 7) is 3.24.